The first-order chi connectivity index (χ1) is 9.60. The van der Waals surface area contributed by atoms with Crippen molar-refractivity contribution in [1.82, 2.24) is 5.32 Å². The van der Waals surface area contributed by atoms with E-state index in [4.69, 9.17) is 9.47 Å². The van der Waals surface area contributed by atoms with Crippen molar-refractivity contribution in [2.45, 2.75) is 38.8 Å². The van der Waals surface area contributed by atoms with Crippen LogP contribution in [0.2, 0.25) is 0 Å². The van der Waals surface area contributed by atoms with Crippen LogP contribution in [0.4, 0.5) is 0 Å². The largest absolute Gasteiger partial charge is 0.493 e. The molecule has 1 fully saturated rings. The third kappa shape index (κ3) is 4.53. The molecule has 2 rings (SSSR count). The molecule has 0 amide bonds. The average Bonchev–Trinajstić information content (AvgIpc) is 3.22. The van der Waals surface area contributed by atoms with Gasteiger partial charge in [-0.3, -0.25) is 0 Å². The first-order valence-corrected chi connectivity index (χ1v) is 7.76. The molecule has 0 bridgehead atoms. The fourth-order valence-electron chi connectivity index (χ4n) is 1.89. The van der Waals surface area contributed by atoms with Gasteiger partial charge in [-0.25, -0.2) is 0 Å². The Kier molecular flexibility index (Phi) is 5.49. The number of halogens is 1. The summed E-state index contributed by atoms with van der Waals surface area (Å²) in [6.07, 6.45) is 3.43. The van der Waals surface area contributed by atoms with E-state index in [1.807, 2.05) is 13.0 Å². The molecule has 110 valence electrons. The summed E-state index contributed by atoms with van der Waals surface area (Å²) in [5.74, 6) is 1.54. The number of methoxy groups -OCH3 is 1. The highest BCUT2D eigenvalue weighted by atomic mass is 79.9. The zero-order chi connectivity index (χ0) is 14.5. The lowest BCUT2D eigenvalue weighted by Crippen LogP contribution is -2.15. The molecule has 3 nitrogen and oxygen atoms in total. The molecular formula is C16H22BrNO2. The van der Waals surface area contributed by atoms with Crippen molar-refractivity contribution in [3.05, 3.63) is 34.3 Å². The predicted octanol–water partition coefficient (Wildman–Crippen LogP) is 4.05. The van der Waals surface area contributed by atoms with Crippen LogP contribution in [0.1, 0.15) is 31.7 Å². The zero-order valence-electron chi connectivity index (χ0n) is 12.2. The molecule has 20 heavy (non-hydrogen) atoms. The quantitative estimate of drug-likeness (QED) is 0.724. The smallest absolute Gasteiger partial charge is 0.175 e. The summed E-state index contributed by atoms with van der Waals surface area (Å²) in [5.41, 5.74) is 2.32. The third-order valence-corrected chi connectivity index (χ3v) is 3.83. The van der Waals surface area contributed by atoms with Gasteiger partial charge in [-0.1, -0.05) is 5.57 Å². The van der Waals surface area contributed by atoms with Gasteiger partial charge in [0.15, 0.2) is 11.5 Å². The maximum Gasteiger partial charge on any atom is 0.175 e. The fourth-order valence-corrected chi connectivity index (χ4v) is 2.50. The van der Waals surface area contributed by atoms with E-state index in [9.17, 15) is 0 Å². The van der Waals surface area contributed by atoms with Gasteiger partial charge in [0.1, 0.15) is 0 Å². The highest BCUT2D eigenvalue weighted by Crippen LogP contribution is 2.37. The minimum Gasteiger partial charge on any atom is -0.493 e. The molecule has 0 spiro atoms. The van der Waals surface area contributed by atoms with Crippen LogP contribution in [0.25, 0.3) is 0 Å². The van der Waals surface area contributed by atoms with Gasteiger partial charge >= 0.3 is 0 Å². The van der Waals surface area contributed by atoms with E-state index in [0.717, 1.165) is 34.5 Å². The van der Waals surface area contributed by atoms with Gasteiger partial charge in [0, 0.05) is 19.0 Å². The molecule has 0 saturated heterocycles. The highest BCUT2D eigenvalue weighted by molar-refractivity contribution is 9.10. The molecule has 0 aliphatic heterocycles. The van der Waals surface area contributed by atoms with Crippen LogP contribution in [0.3, 0.4) is 0 Å². The summed E-state index contributed by atoms with van der Waals surface area (Å²) in [7, 11) is 1.67. The van der Waals surface area contributed by atoms with Gasteiger partial charge in [-0.15, -0.1) is 6.58 Å². The summed E-state index contributed by atoms with van der Waals surface area (Å²) in [6, 6.07) is 4.83. The monoisotopic (exact) mass is 339 g/mol. The number of hydrogen-bond donors (Lipinski definition) is 1. The molecule has 1 aromatic rings. The van der Waals surface area contributed by atoms with E-state index in [1.165, 1.54) is 18.4 Å². The Morgan fingerprint density at radius 2 is 2.20 bits per heavy atom. The summed E-state index contributed by atoms with van der Waals surface area (Å²) < 4.78 is 12.2. The second-order valence-corrected chi connectivity index (χ2v) is 6.17. The molecular weight excluding hydrogens is 318 g/mol. The minimum atomic E-state index is 0.615. The van der Waals surface area contributed by atoms with Gasteiger partial charge in [-0.2, -0.15) is 0 Å². The molecule has 0 atom stereocenters. The summed E-state index contributed by atoms with van der Waals surface area (Å²) in [5, 5.41) is 3.50. The van der Waals surface area contributed by atoms with Crippen molar-refractivity contribution < 1.29 is 9.47 Å². The zero-order valence-corrected chi connectivity index (χ0v) is 13.8. The Bertz CT molecular complexity index is 484. The van der Waals surface area contributed by atoms with Crippen molar-refractivity contribution in [1.29, 1.82) is 0 Å². The average molecular weight is 340 g/mol. The van der Waals surface area contributed by atoms with Crippen LogP contribution in [-0.4, -0.2) is 19.8 Å². The van der Waals surface area contributed by atoms with E-state index in [1.54, 1.807) is 7.11 Å². The molecule has 4 heteroatoms. The predicted molar refractivity (Wildman–Crippen MR) is 85.5 cm³/mol. The lowest BCUT2D eigenvalue weighted by Gasteiger charge is -2.14. The first kappa shape index (κ1) is 15.4. The van der Waals surface area contributed by atoms with Crippen LogP contribution in [0, 0.1) is 0 Å². The summed E-state index contributed by atoms with van der Waals surface area (Å²) >= 11 is 3.57. The van der Waals surface area contributed by atoms with Crippen molar-refractivity contribution in [2.75, 3.05) is 13.7 Å². The topological polar surface area (TPSA) is 30.5 Å². The van der Waals surface area contributed by atoms with Crippen molar-refractivity contribution in [2.24, 2.45) is 0 Å². The second kappa shape index (κ2) is 7.14. The fraction of sp³-hybridized carbons (Fsp3) is 0.500. The van der Waals surface area contributed by atoms with Crippen LogP contribution in [-0.2, 0) is 6.54 Å². The van der Waals surface area contributed by atoms with Gasteiger partial charge < -0.3 is 14.8 Å². The Hall–Kier alpha value is -1.00. The minimum absolute atomic E-state index is 0.615. The number of nitrogens with one attached hydrogen (secondary N) is 1. The maximum atomic E-state index is 5.81. The van der Waals surface area contributed by atoms with Gasteiger partial charge in [0.05, 0.1) is 18.2 Å². The molecule has 1 aliphatic carbocycles. The third-order valence-electron chi connectivity index (χ3n) is 3.24. The van der Waals surface area contributed by atoms with Crippen LogP contribution < -0.4 is 14.8 Å². The second-order valence-electron chi connectivity index (χ2n) is 5.32. The van der Waals surface area contributed by atoms with Gasteiger partial charge in [-0.05, 0) is 53.4 Å². The molecule has 0 heterocycles. The standard InChI is InChI=1S/C16H22BrNO2/c1-11(2)6-7-20-16-14(17)8-12(9-15(16)19-3)10-18-13-4-5-13/h8-9,13,18H,1,4-7,10H2,2-3H3. The molecule has 1 aliphatic rings. The van der Waals surface area contributed by atoms with Crippen LogP contribution in [0.5, 0.6) is 11.5 Å². The van der Waals surface area contributed by atoms with Crippen LogP contribution in [0.15, 0.2) is 28.8 Å². The molecule has 0 radical (unpaired) electrons. The van der Waals surface area contributed by atoms with E-state index in [2.05, 4.69) is 33.9 Å². The van der Waals surface area contributed by atoms with Gasteiger partial charge in [0.2, 0.25) is 0 Å². The van der Waals surface area contributed by atoms with Gasteiger partial charge in [0.25, 0.3) is 0 Å². The van der Waals surface area contributed by atoms with Crippen molar-refractivity contribution >= 4 is 15.9 Å². The Morgan fingerprint density at radius 1 is 1.45 bits per heavy atom. The Balaban J connectivity index is 2.03. The number of benzene rings is 1. The number of rotatable bonds is 8. The van der Waals surface area contributed by atoms with E-state index in [-0.39, 0.29) is 0 Å². The van der Waals surface area contributed by atoms with E-state index in [0.29, 0.717) is 12.6 Å². The Morgan fingerprint density at radius 3 is 2.80 bits per heavy atom. The van der Waals surface area contributed by atoms with Crippen LogP contribution >= 0.6 is 15.9 Å². The molecule has 0 unspecified atom stereocenters. The summed E-state index contributed by atoms with van der Waals surface area (Å²) in [4.78, 5) is 0. The van der Waals surface area contributed by atoms with E-state index >= 15 is 0 Å². The molecule has 1 aromatic carbocycles. The normalized spacial score (nSPS) is 14.2. The maximum absolute atomic E-state index is 5.81. The lowest BCUT2D eigenvalue weighted by atomic mass is 10.2. The lowest BCUT2D eigenvalue weighted by molar-refractivity contribution is 0.295. The number of ether oxygens (including phenoxy) is 2. The summed E-state index contributed by atoms with van der Waals surface area (Å²) in [6.45, 7) is 7.36. The Labute approximate surface area is 129 Å². The highest BCUT2D eigenvalue weighted by Gasteiger charge is 2.20. The van der Waals surface area contributed by atoms with Crippen molar-refractivity contribution in [3.8, 4) is 11.5 Å². The number of hydrogen-bond acceptors (Lipinski definition) is 3. The SMILES string of the molecule is C=C(C)CCOc1c(Br)cc(CNC2CC2)cc1OC. The first-order valence-electron chi connectivity index (χ1n) is 6.97. The van der Waals surface area contributed by atoms with E-state index < -0.39 is 0 Å². The molecule has 1 saturated carbocycles. The molecule has 0 aromatic heterocycles. The molecule has 1 N–H and O–H groups in total. The van der Waals surface area contributed by atoms with Crippen molar-refractivity contribution in [3.63, 3.8) is 0 Å².